The molecule has 4 aromatic rings. The lowest BCUT2D eigenvalue weighted by molar-refractivity contribution is -0.140. The standard InChI is InChI=1S/C41H53N5O4S/c1-28(2)20-38(41(49)50)44-27-36(24-29-10-5-4-6-11-29)46-39(47)34-15-9-12-31(22-34)25-45-40(48)37(18-19-51-3)43-26-35(42)23-30-16-17-32-13-7-8-14-33(32)21-30/h4-17,21-22,28,35-38,43-44H,18-20,23-27,42H2,1-3H3,(H,45,48)(H,46,47)(H,49,50). The van der Waals surface area contributed by atoms with Crippen molar-refractivity contribution in [3.8, 4) is 0 Å². The van der Waals surface area contributed by atoms with Gasteiger partial charge in [-0.15, -0.1) is 0 Å². The Balaban J connectivity index is 1.34. The van der Waals surface area contributed by atoms with Gasteiger partial charge < -0.3 is 32.1 Å². The number of aliphatic carboxylic acids is 1. The monoisotopic (exact) mass is 711 g/mol. The highest BCUT2D eigenvalue weighted by molar-refractivity contribution is 7.98. The van der Waals surface area contributed by atoms with Crippen molar-refractivity contribution in [1.29, 1.82) is 0 Å². The summed E-state index contributed by atoms with van der Waals surface area (Å²) in [5, 5.41) is 24.8. The Hall–Kier alpha value is -4.22. The van der Waals surface area contributed by atoms with Gasteiger partial charge in [0, 0.05) is 37.3 Å². The molecule has 2 amide bonds. The molecule has 0 aliphatic heterocycles. The number of carbonyl (C=O) groups is 3. The Morgan fingerprint density at radius 3 is 2.20 bits per heavy atom. The number of carbonyl (C=O) groups excluding carboxylic acids is 2. The predicted octanol–water partition coefficient (Wildman–Crippen LogP) is 5.17. The van der Waals surface area contributed by atoms with E-state index in [4.69, 9.17) is 5.73 Å². The number of carboxylic acids is 1. The molecule has 4 rings (SSSR count). The number of benzene rings is 4. The molecule has 0 spiro atoms. The Bertz CT molecular complexity index is 1700. The minimum atomic E-state index is -0.905. The van der Waals surface area contributed by atoms with Crippen LogP contribution in [0.2, 0.25) is 0 Å². The normalized spacial score (nSPS) is 13.7. The molecule has 0 fully saturated rings. The maximum absolute atomic E-state index is 13.5. The highest BCUT2D eigenvalue weighted by atomic mass is 32.2. The van der Waals surface area contributed by atoms with Crippen molar-refractivity contribution in [2.75, 3.05) is 25.1 Å². The number of fused-ring (bicyclic) bond motifs is 1. The summed E-state index contributed by atoms with van der Waals surface area (Å²) < 4.78 is 0. The van der Waals surface area contributed by atoms with Crippen molar-refractivity contribution < 1.29 is 19.5 Å². The summed E-state index contributed by atoms with van der Waals surface area (Å²) in [4.78, 5) is 38.7. The third-order valence-electron chi connectivity index (χ3n) is 8.80. The average Bonchev–Trinajstić information content (AvgIpc) is 3.12. The van der Waals surface area contributed by atoms with Crippen LogP contribution in [-0.2, 0) is 29.0 Å². The molecule has 4 unspecified atom stereocenters. The SMILES string of the molecule is CSCCC(NCC(N)Cc1ccc2ccccc2c1)C(=O)NCc1cccc(C(=O)NC(CNC(CC(C)C)C(=O)O)Cc2ccccc2)c1. The highest BCUT2D eigenvalue weighted by Gasteiger charge is 2.22. The van der Waals surface area contributed by atoms with Crippen LogP contribution < -0.4 is 27.0 Å². The molecule has 0 aliphatic rings. The van der Waals surface area contributed by atoms with Gasteiger partial charge in [-0.3, -0.25) is 14.4 Å². The van der Waals surface area contributed by atoms with Crippen LogP contribution in [-0.4, -0.2) is 72.2 Å². The Morgan fingerprint density at radius 1 is 0.765 bits per heavy atom. The lowest BCUT2D eigenvalue weighted by Crippen LogP contribution is -2.48. The van der Waals surface area contributed by atoms with Gasteiger partial charge in [0.05, 0.1) is 6.04 Å². The van der Waals surface area contributed by atoms with Gasteiger partial charge in [0.1, 0.15) is 6.04 Å². The van der Waals surface area contributed by atoms with Crippen LogP contribution in [0.4, 0.5) is 0 Å². The number of nitrogens with one attached hydrogen (secondary N) is 4. The van der Waals surface area contributed by atoms with Gasteiger partial charge in [-0.05, 0) is 83.2 Å². The Kier molecular flexibility index (Phi) is 16.0. The van der Waals surface area contributed by atoms with Gasteiger partial charge in [0.15, 0.2) is 0 Å². The molecule has 0 saturated carbocycles. The third-order valence-corrected chi connectivity index (χ3v) is 9.44. The van der Waals surface area contributed by atoms with Crippen LogP contribution in [0.15, 0.2) is 97.1 Å². The van der Waals surface area contributed by atoms with E-state index in [1.807, 2.05) is 68.6 Å². The first-order valence-electron chi connectivity index (χ1n) is 17.7. The van der Waals surface area contributed by atoms with E-state index in [1.165, 1.54) is 10.8 Å². The quantitative estimate of drug-likeness (QED) is 0.0695. The molecule has 272 valence electrons. The molecular weight excluding hydrogens is 659 g/mol. The first-order chi connectivity index (χ1) is 24.6. The predicted molar refractivity (Wildman–Crippen MR) is 209 cm³/mol. The van der Waals surface area contributed by atoms with Gasteiger partial charge in [-0.1, -0.05) is 98.8 Å². The van der Waals surface area contributed by atoms with Crippen molar-refractivity contribution in [2.45, 2.75) is 70.2 Å². The molecule has 4 atom stereocenters. The fourth-order valence-electron chi connectivity index (χ4n) is 6.10. The van der Waals surface area contributed by atoms with Crippen molar-refractivity contribution in [3.63, 3.8) is 0 Å². The molecule has 51 heavy (non-hydrogen) atoms. The Labute approximate surface area is 306 Å². The molecule has 10 heteroatoms. The first-order valence-corrected chi connectivity index (χ1v) is 19.1. The summed E-state index contributed by atoms with van der Waals surface area (Å²) in [6, 6.07) is 30.1. The number of hydrogen-bond donors (Lipinski definition) is 6. The maximum atomic E-state index is 13.5. The van der Waals surface area contributed by atoms with E-state index in [0.717, 1.165) is 22.4 Å². The maximum Gasteiger partial charge on any atom is 0.320 e. The smallest absolute Gasteiger partial charge is 0.320 e. The van der Waals surface area contributed by atoms with Crippen molar-refractivity contribution in [1.82, 2.24) is 21.3 Å². The highest BCUT2D eigenvalue weighted by Crippen LogP contribution is 2.17. The van der Waals surface area contributed by atoms with Crippen LogP contribution >= 0.6 is 11.8 Å². The van der Waals surface area contributed by atoms with Crippen LogP contribution in [0.1, 0.15) is 53.7 Å². The second-order valence-electron chi connectivity index (χ2n) is 13.6. The largest absolute Gasteiger partial charge is 0.480 e. The minimum Gasteiger partial charge on any atom is -0.480 e. The summed E-state index contributed by atoms with van der Waals surface area (Å²) in [6.45, 7) is 5.04. The van der Waals surface area contributed by atoms with E-state index >= 15 is 0 Å². The van der Waals surface area contributed by atoms with Crippen LogP contribution in [0, 0.1) is 5.92 Å². The second kappa shape index (κ2) is 20.6. The molecule has 0 saturated heterocycles. The number of rotatable bonds is 21. The van der Waals surface area contributed by atoms with E-state index in [2.05, 4.69) is 51.6 Å². The number of hydrogen-bond acceptors (Lipinski definition) is 7. The second-order valence-corrected chi connectivity index (χ2v) is 14.6. The minimum absolute atomic E-state index is 0.111. The summed E-state index contributed by atoms with van der Waals surface area (Å²) in [7, 11) is 0. The molecule has 0 heterocycles. The molecular formula is C41H53N5O4S. The number of amides is 2. The molecule has 0 aliphatic carbocycles. The lowest BCUT2D eigenvalue weighted by atomic mass is 10.0. The summed E-state index contributed by atoms with van der Waals surface area (Å²) >= 11 is 1.69. The van der Waals surface area contributed by atoms with Crippen LogP contribution in [0.3, 0.4) is 0 Å². The molecule has 7 N–H and O–H groups in total. The summed E-state index contributed by atoms with van der Waals surface area (Å²) in [5.41, 5.74) is 9.98. The van der Waals surface area contributed by atoms with E-state index in [9.17, 15) is 19.5 Å². The Morgan fingerprint density at radius 2 is 1.47 bits per heavy atom. The van der Waals surface area contributed by atoms with Crippen molar-refractivity contribution in [3.05, 3.63) is 119 Å². The zero-order valence-corrected chi connectivity index (χ0v) is 30.8. The van der Waals surface area contributed by atoms with E-state index in [1.54, 1.807) is 30.0 Å². The molecule has 9 nitrogen and oxygen atoms in total. The van der Waals surface area contributed by atoms with E-state index in [0.29, 0.717) is 44.3 Å². The van der Waals surface area contributed by atoms with Gasteiger partial charge in [0.2, 0.25) is 5.91 Å². The van der Waals surface area contributed by atoms with Crippen molar-refractivity contribution >= 4 is 40.3 Å². The topological polar surface area (TPSA) is 146 Å². The van der Waals surface area contributed by atoms with Gasteiger partial charge >= 0.3 is 5.97 Å². The van der Waals surface area contributed by atoms with E-state index < -0.39 is 18.1 Å². The lowest BCUT2D eigenvalue weighted by Gasteiger charge is -2.23. The van der Waals surface area contributed by atoms with Crippen LogP contribution in [0.5, 0.6) is 0 Å². The summed E-state index contributed by atoms with van der Waals surface area (Å²) in [5.74, 6) is -0.247. The first kappa shape index (κ1) is 39.6. The van der Waals surface area contributed by atoms with Crippen molar-refractivity contribution in [2.24, 2.45) is 11.7 Å². The number of carboxylic acid groups (broad SMARTS) is 1. The zero-order chi connectivity index (χ0) is 36.6. The molecule has 4 aromatic carbocycles. The van der Waals surface area contributed by atoms with E-state index in [-0.39, 0.29) is 36.4 Å². The molecule has 0 bridgehead atoms. The molecule has 0 radical (unpaired) electrons. The third kappa shape index (κ3) is 13.4. The van der Waals surface area contributed by atoms with Gasteiger partial charge in [0.25, 0.3) is 5.91 Å². The number of thioether (sulfide) groups is 1. The number of nitrogens with two attached hydrogens (primary N) is 1. The van der Waals surface area contributed by atoms with Gasteiger partial charge in [-0.2, -0.15) is 11.8 Å². The summed E-state index contributed by atoms with van der Waals surface area (Å²) in [6.07, 6.45) is 4.41. The van der Waals surface area contributed by atoms with Crippen LogP contribution in [0.25, 0.3) is 10.8 Å². The fraction of sp³-hybridized carbons (Fsp3) is 0.390. The fourth-order valence-corrected chi connectivity index (χ4v) is 6.57. The van der Waals surface area contributed by atoms with Gasteiger partial charge in [-0.25, -0.2) is 0 Å². The average molecular weight is 712 g/mol. The molecule has 0 aromatic heterocycles. The zero-order valence-electron chi connectivity index (χ0n) is 29.9.